The lowest BCUT2D eigenvalue weighted by Gasteiger charge is -2.10. The molecular formula is C20H20N4O3. The standard InChI is InChI=1S/C20H20N4O3/c25-19(26)14-27-18-12-17(16-9-5-10-21-13-16)23-20(24-18)22-11-4-8-15-6-2-1-3-7-15/h1-3,5-7,9-10,12-13H,4,8,11,14H2,(H,25,26)(H,22,23,24). The smallest absolute Gasteiger partial charge is 0.341 e. The number of ether oxygens (including phenoxy) is 1. The van der Waals surface area contributed by atoms with E-state index in [9.17, 15) is 4.79 Å². The molecule has 7 nitrogen and oxygen atoms in total. The second-order valence-electron chi connectivity index (χ2n) is 5.86. The molecule has 3 rings (SSSR count). The number of aromatic nitrogens is 3. The first-order chi connectivity index (χ1) is 13.2. The molecule has 0 radical (unpaired) electrons. The maximum absolute atomic E-state index is 10.8. The summed E-state index contributed by atoms with van der Waals surface area (Å²) in [7, 11) is 0. The number of hydrogen-bond acceptors (Lipinski definition) is 6. The van der Waals surface area contributed by atoms with Crippen LogP contribution in [0.3, 0.4) is 0 Å². The SMILES string of the molecule is O=C(O)COc1cc(-c2cccnc2)nc(NCCCc2ccccc2)n1. The van der Waals surface area contributed by atoms with Crippen LogP contribution < -0.4 is 10.1 Å². The molecule has 138 valence electrons. The Kier molecular flexibility index (Phi) is 6.30. The van der Waals surface area contributed by atoms with E-state index < -0.39 is 12.6 Å². The van der Waals surface area contributed by atoms with Crippen LogP contribution in [0.5, 0.6) is 5.88 Å². The van der Waals surface area contributed by atoms with Crippen molar-refractivity contribution < 1.29 is 14.6 Å². The summed E-state index contributed by atoms with van der Waals surface area (Å²) >= 11 is 0. The van der Waals surface area contributed by atoms with Crippen molar-refractivity contribution in [1.29, 1.82) is 0 Å². The lowest BCUT2D eigenvalue weighted by molar-refractivity contribution is -0.139. The number of benzene rings is 1. The van der Waals surface area contributed by atoms with E-state index in [4.69, 9.17) is 9.84 Å². The highest BCUT2D eigenvalue weighted by molar-refractivity contribution is 5.68. The molecule has 2 N–H and O–H groups in total. The highest BCUT2D eigenvalue weighted by atomic mass is 16.5. The van der Waals surface area contributed by atoms with Gasteiger partial charge in [-0.15, -0.1) is 0 Å². The molecule has 0 spiro atoms. The van der Waals surface area contributed by atoms with Crippen molar-refractivity contribution in [2.75, 3.05) is 18.5 Å². The fraction of sp³-hybridized carbons (Fsp3) is 0.200. The summed E-state index contributed by atoms with van der Waals surface area (Å²) in [6.07, 6.45) is 5.21. The van der Waals surface area contributed by atoms with Gasteiger partial charge in [0.2, 0.25) is 11.8 Å². The van der Waals surface area contributed by atoms with Gasteiger partial charge in [-0.05, 0) is 30.5 Å². The quantitative estimate of drug-likeness (QED) is 0.563. The molecule has 7 heteroatoms. The van der Waals surface area contributed by atoms with E-state index in [1.165, 1.54) is 5.56 Å². The highest BCUT2D eigenvalue weighted by Gasteiger charge is 2.09. The second kappa shape index (κ2) is 9.28. The molecule has 0 bridgehead atoms. The zero-order valence-electron chi connectivity index (χ0n) is 14.7. The number of anilines is 1. The van der Waals surface area contributed by atoms with E-state index in [0.717, 1.165) is 18.4 Å². The summed E-state index contributed by atoms with van der Waals surface area (Å²) in [6, 6.07) is 15.5. The van der Waals surface area contributed by atoms with Crippen LogP contribution in [-0.2, 0) is 11.2 Å². The lowest BCUT2D eigenvalue weighted by Crippen LogP contribution is -2.12. The fourth-order valence-corrected chi connectivity index (χ4v) is 2.51. The third-order valence-electron chi connectivity index (χ3n) is 3.77. The van der Waals surface area contributed by atoms with Crippen molar-refractivity contribution in [1.82, 2.24) is 15.0 Å². The number of carbonyl (C=O) groups is 1. The third kappa shape index (κ3) is 5.78. The Labute approximate surface area is 157 Å². The van der Waals surface area contributed by atoms with Crippen molar-refractivity contribution in [2.24, 2.45) is 0 Å². The number of pyridine rings is 1. The number of rotatable bonds is 9. The van der Waals surface area contributed by atoms with Gasteiger partial charge in [0.1, 0.15) is 0 Å². The predicted molar refractivity (Wildman–Crippen MR) is 102 cm³/mol. The van der Waals surface area contributed by atoms with Gasteiger partial charge in [-0.25, -0.2) is 9.78 Å². The maximum Gasteiger partial charge on any atom is 0.341 e. The molecule has 2 heterocycles. The van der Waals surface area contributed by atoms with Crippen LogP contribution in [0.15, 0.2) is 60.9 Å². The molecule has 0 aliphatic heterocycles. The van der Waals surface area contributed by atoms with E-state index in [-0.39, 0.29) is 5.88 Å². The van der Waals surface area contributed by atoms with Crippen molar-refractivity contribution in [3.8, 4) is 17.1 Å². The van der Waals surface area contributed by atoms with Crippen LogP contribution in [-0.4, -0.2) is 39.2 Å². The summed E-state index contributed by atoms with van der Waals surface area (Å²) in [6.45, 7) is 0.223. The van der Waals surface area contributed by atoms with Crippen LogP contribution >= 0.6 is 0 Å². The molecule has 1 aromatic carbocycles. The predicted octanol–water partition coefficient (Wildman–Crippen LogP) is 3.05. The molecule has 0 amide bonds. The number of nitrogens with zero attached hydrogens (tertiary/aromatic N) is 3. The molecule has 2 aromatic heterocycles. The molecule has 27 heavy (non-hydrogen) atoms. The Hall–Kier alpha value is -3.48. The van der Waals surface area contributed by atoms with Gasteiger partial charge in [-0.3, -0.25) is 4.98 Å². The normalized spacial score (nSPS) is 10.4. The minimum atomic E-state index is -1.06. The van der Waals surface area contributed by atoms with Crippen LogP contribution in [0, 0.1) is 0 Å². The topological polar surface area (TPSA) is 97.2 Å². The molecule has 0 atom stereocenters. The van der Waals surface area contributed by atoms with Gasteiger partial charge in [0, 0.05) is 30.6 Å². The summed E-state index contributed by atoms with van der Waals surface area (Å²) in [5.74, 6) is -0.462. The van der Waals surface area contributed by atoms with Crippen LogP contribution in [0.4, 0.5) is 5.95 Å². The highest BCUT2D eigenvalue weighted by Crippen LogP contribution is 2.22. The molecular weight excluding hydrogens is 344 g/mol. The van der Waals surface area contributed by atoms with Crippen molar-refractivity contribution in [3.63, 3.8) is 0 Å². The third-order valence-corrected chi connectivity index (χ3v) is 3.77. The van der Waals surface area contributed by atoms with Crippen molar-refractivity contribution in [3.05, 3.63) is 66.5 Å². The van der Waals surface area contributed by atoms with E-state index in [1.807, 2.05) is 30.3 Å². The Bertz CT molecular complexity index is 873. The summed E-state index contributed by atoms with van der Waals surface area (Å²) in [5.41, 5.74) is 2.69. The zero-order valence-corrected chi connectivity index (χ0v) is 14.7. The van der Waals surface area contributed by atoms with Gasteiger partial charge in [-0.2, -0.15) is 4.98 Å². The molecule has 3 aromatic rings. The Morgan fingerprint density at radius 3 is 2.70 bits per heavy atom. The number of aliphatic carboxylic acids is 1. The van der Waals surface area contributed by atoms with Crippen LogP contribution in [0.2, 0.25) is 0 Å². The lowest BCUT2D eigenvalue weighted by atomic mass is 10.1. The Balaban J connectivity index is 1.68. The number of carboxylic acid groups (broad SMARTS) is 1. The largest absolute Gasteiger partial charge is 0.479 e. The van der Waals surface area contributed by atoms with Gasteiger partial charge in [0.25, 0.3) is 0 Å². The first-order valence-corrected chi connectivity index (χ1v) is 8.62. The molecule has 0 aliphatic rings. The van der Waals surface area contributed by atoms with Crippen molar-refractivity contribution >= 4 is 11.9 Å². The maximum atomic E-state index is 10.8. The van der Waals surface area contributed by atoms with E-state index in [1.54, 1.807) is 18.5 Å². The molecule has 0 saturated heterocycles. The van der Waals surface area contributed by atoms with Gasteiger partial charge >= 0.3 is 5.97 Å². The fourth-order valence-electron chi connectivity index (χ4n) is 2.51. The van der Waals surface area contributed by atoms with Gasteiger partial charge in [0.15, 0.2) is 6.61 Å². The first kappa shape index (κ1) is 18.3. The number of hydrogen-bond donors (Lipinski definition) is 2. The first-order valence-electron chi connectivity index (χ1n) is 8.62. The monoisotopic (exact) mass is 364 g/mol. The van der Waals surface area contributed by atoms with Gasteiger partial charge < -0.3 is 15.2 Å². The zero-order chi connectivity index (χ0) is 18.9. The summed E-state index contributed by atoms with van der Waals surface area (Å²) < 4.78 is 5.23. The summed E-state index contributed by atoms with van der Waals surface area (Å²) in [4.78, 5) is 23.6. The van der Waals surface area contributed by atoms with Crippen molar-refractivity contribution in [2.45, 2.75) is 12.8 Å². The average Bonchev–Trinajstić information content (AvgIpc) is 2.71. The molecule has 0 saturated carbocycles. The van der Waals surface area contributed by atoms with E-state index >= 15 is 0 Å². The Morgan fingerprint density at radius 2 is 1.96 bits per heavy atom. The average molecular weight is 364 g/mol. The molecule has 0 unspecified atom stereocenters. The minimum absolute atomic E-state index is 0.205. The van der Waals surface area contributed by atoms with Gasteiger partial charge in [0.05, 0.1) is 5.69 Å². The van der Waals surface area contributed by atoms with E-state index in [0.29, 0.717) is 18.2 Å². The van der Waals surface area contributed by atoms with Crippen LogP contribution in [0.1, 0.15) is 12.0 Å². The minimum Gasteiger partial charge on any atom is -0.479 e. The second-order valence-corrected chi connectivity index (χ2v) is 5.86. The number of carboxylic acids is 1. The van der Waals surface area contributed by atoms with Gasteiger partial charge in [-0.1, -0.05) is 30.3 Å². The summed E-state index contributed by atoms with van der Waals surface area (Å²) in [5, 5.41) is 12.0. The molecule has 0 aliphatic carbocycles. The van der Waals surface area contributed by atoms with Crippen LogP contribution in [0.25, 0.3) is 11.3 Å². The molecule has 0 fully saturated rings. The Morgan fingerprint density at radius 1 is 1.11 bits per heavy atom. The number of aryl methyl sites for hydroxylation is 1. The number of nitrogens with one attached hydrogen (secondary N) is 1. The van der Waals surface area contributed by atoms with E-state index in [2.05, 4.69) is 32.4 Å².